The highest BCUT2D eigenvalue weighted by Gasteiger charge is 2.40. The SMILES string of the molecule is COCOc1cc(OCOC)c2c(c1)OC(c1cc(OCOC)c(OCOC)c(OCOC)c1)C(O)C2=O. The maximum atomic E-state index is 13.4. The van der Waals surface area contributed by atoms with Crippen LogP contribution in [0.4, 0.5) is 0 Å². The lowest BCUT2D eigenvalue weighted by molar-refractivity contribution is 0.0144. The summed E-state index contributed by atoms with van der Waals surface area (Å²) >= 11 is 0. The topological polar surface area (TPSA) is 139 Å². The predicted molar refractivity (Wildman–Crippen MR) is 129 cm³/mol. The number of methoxy groups -OCH3 is 5. The fraction of sp³-hybridized carbons (Fsp3) is 0.480. The van der Waals surface area contributed by atoms with Gasteiger partial charge in [-0.05, 0) is 12.1 Å². The third-order valence-corrected chi connectivity index (χ3v) is 5.13. The molecule has 0 fully saturated rings. The van der Waals surface area contributed by atoms with Crippen molar-refractivity contribution in [2.24, 2.45) is 0 Å². The van der Waals surface area contributed by atoms with Gasteiger partial charge in [0.1, 0.15) is 22.8 Å². The number of carbonyl (C=O) groups excluding carboxylic acids is 1. The predicted octanol–water partition coefficient (Wildman–Crippen LogP) is 2.28. The molecule has 38 heavy (non-hydrogen) atoms. The van der Waals surface area contributed by atoms with Crippen LogP contribution in [0.3, 0.4) is 0 Å². The van der Waals surface area contributed by atoms with E-state index < -0.39 is 18.0 Å². The molecule has 3 rings (SSSR count). The van der Waals surface area contributed by atoms with Gasteiger partial charge in [-0.1, -0.05) is 0 Å². The monoisotopic (exact) mass is 540 g/mol. The maximum absolute atomic E-state index is 13.4. The Kier molecular flexibility index (Phi) is 11.2. The number of Topliss-reactive ketones (excluding diaryl/α,β-unsaturated/α-hetero) is 1. The van der Waals surface area contributed by atoms with Gasteiger partial charge in [0, 0.05) is 53.2 Å². The molecule has 2 unspecified atom stereocenters. The van der Waals surface area contributed by atoms with Gasteiger partial charge in [-0.15, -0.1) is 0 Å². The second kappa shape index (κ2) is 14.6. The number of ether oxygens (including phenoxy) is 11. The van der Waals surface area contributed by atoms with Crippen molar-refractivity contribution in [2.75, 3.05) is 69.5 Å². The van der Waals surface area contributed by atoms with E-state index in [2.05, 4.69) is 0 Å². The molecule has 1 aliphatic heterocycles. The quantitative estimate of drug-likeness (QED) is 0.312. The molecular formula is C25H32O13. The van der Waals surface area contributed by atoms with E-state index in [0.29, 0.717) is 11.3 Å². The summed E-state index contributed by atoms with van der Waals surface area (Å²) in [6.07, 6.45) is -2.76. The standard InChI is InChI=1S/C25H32O13/c1-28-10-33-16-8-17(34-11-29-2)21-18(9-16)38-24(23(27)22(21)26)15-6-19(35-12-30-3)25(37-14-32-5)20(7-15)36-13-31-4/h6-9,23-24,27H,10-14H2,1-5H3. The second-order valence-corrected chi connectivity index (χ2v) is 7.74. The molecule has 2 atom stereocenters. The van der Waals surface area contributed by atoms with Crippen LogP contribution in [-0.4, -0.2) is 86.5 Å². The van der Waals surface area contributed by atoms with Gasteiger partial charge in [0.15, 0.2) is 57.7 Å². The zero-order valence-electron chi connectivity index (χ0n) is 21.8. The number of carbonyl (C=O) groups is 1. The molecule has 0 spiro atoms. The molecule has 13 heteroatoms. The van der Waals surface area contributed by atoms with Gasteiger partial charge in [0.25, 0.3) is 0 Å². The van der Waals surface area contributed by atoms with Crippen LogP contribution in [0.2, 0.25) is 0 Å². The van der Waals surface area contributed by atoms with Crippen LogP contribution in [0, 0.1) is 0 Å². The molecule has 0 amide bonds. The molecule has 0 bridgehead atoms. The fourth-order valence-corrected chi connectivity index (χ4v) is 3.57. The summed E-state index contributed by atoms with van der Waals surface area (Å²) in [6.45, 7) is -0.531. The number of hydrogen-bond donors (Lipinski definition) is 1. The lowest BCUT2D eigenvalue weighted by atomic mass is 9.92. The molecule has 210 valence electrons. The number of benzene rings is 2. The summed E-state index contributed by atoms with van der Waals surface area (Å²) < 4.78 is 59.2. The Bertz CT molecular complexity index is 1030. The highest BCUT2D eigenvalue weighted by molar-refractivity contribution is 6.05. The minimum Gasteiger partial charge on any atom is -0.481 e. The molecule has 0 aliphatic carbocycles. The van der Waals surface area contributed by atoms with Gasteiger partial charge in [0.2, 0.25) is 11.5 Å². The highest BCUT2D eigenvalue weighted by Crippen LogP contribution is 2.46. The van der Waals surface area contributed by atoms with E-state index in [4.69, 9.17) is 52.1 Å². The van der Waals surface area contributed by atoms with Crippen molar-refractivity contribution in [1.82, 2.24) is 0 Å². The fourth-order valence-electron chi connectivity index (χ4n) is 3.57. The van der Waals surface area contributed by atoms with Gasteiger partial charge in [-0.3, -0.25) is 4.79 Å². The van der Waals surface area contributed by atoms with E-state index in [1.54, 1.807) is 12.1 Å². The normalized spacial score (nSPS) is 16.4. The number of ketones is 1. The van der Waals surface area contributed by atoms with E-state index in [0.717, 1.165) is 0 Å². The van der Waals surface area contributed by atoms with Crippen LogP contribution >= 0.6 is 0 Å². The molecule has 1 heterocycles. The molecule has 0 radical (unpaired) electrons. The van der Waals surface area contributed by atoms with E-state index in [1.165, 1.54) is 47.7 Å². The Morgan fingerprint density at radius 3 is 1.74 bits per heavy atom. The van der Waals surface area contributed by atoms with E-state index in [-0.39, 0.29) is 68.3 Å². The third-order valence-electron chi connectivity index (χ3n) is 5.13. The Labute approximate surface area is 219 Å². The van der Waals surface area contributed by atoms with Crippen LogP contribution in [0.1, 0.15) is 22.0 Å². The summed E-state index contributed by atoms with van der Waals surface area (Å²) in [4.78, 5) is 13.4. The molecule has 2 aromatic rings. The minimum atomic E-state index is -1.60. The Morgan fingerprint density at radius 1 is 0.684 bits per heavy atom. The van der Waals surface area contributed by atoms with Crippen LogP contribution in [0.5, 0.6) is 34.5 Å². The average molecular weight is 541 g/mol. The molecule has 0 aromatic heterocycles. The first-order valence-corrected chi connectivity index (χ1v) is 11.3. The van der Waals surface area contributed by atoms with Crippen molar-refractivity contribution < 1.29 is 62.0 Å². The summed E-state index contributed by atoms with van der Waals surface area (Å²) in [5.41, 5.74) is 0.392. The second-order valence-electron chi connectivity index (χ2n) is 7.74. The number of fused-ring (bicyclic) bond motifs is 1. The Morgan fingerprint density at radius 2 is 1.18 bits per heavy atom. The first-order chi connectivity index (χ1) is 18.5. The molecule has 2 aromatic carbocycles. The van der Waals surface area contributed by atoms with Gasteiger partial charge >= 0.3 is 0 Å². The number of aliphatic hydroxyl groups is 1. The van der Waals surface area contributed by atoms with Gasteiger partial charge < -0.3 is 57.2 Å². The van der Waals surface area contributed by atoms with Crippen LogP contribution < -0.4 is 28.4 Å². The third kappa shape index (κ3) is 6.95. The largest absolute Gasteiger partial charge is 0.481 e. The van der Waals surface area contributed by atoms with Crippen molar-refractivity contribution in [2.45, 2.75) is 12.2 Å². The van der Waals surface area contributed by atoms with Crippen LogP contribution in [0.25, 0.3) is 0 Å². The van der Waals surface area contributed by atoms with Crippen molar-refractivity contribution in [3.8, 4) is 34.5 Å². The minimum absolute atomic E-state index is 0.0438. The van der Waals surface area contributed by atoms with E-state index in [1.807, 2.05) is 0 Å². The molecule has 0 saturated carbocycles. The zero-order valence-corrected chi connectivity index (χ0v) is 21.8. The molecule has 1 N–H and O–H groups in total. The summed E-state index contributed by atoms with van der Waals surface area (Å²) in [7, 11) is 7.28. The smallest absolute Gasteiger partial charge is 0.206 e. The lowest BCUT2D eigenvalue weighted by Crippen LogP contribution is -2.36. The molecule has 13 nitrogen and oxygen atoms in total. The summed E-state index contributed by atoms with van der Waals surface area (Å²) in [5, 5.41) is 11.0. The van der Waals surface area contributed by atoms with Crippen molar-refractivity contribution >= 4 is 5.78 Å². The lowest BCUT2D eigenvalue weighted by Gasteiger charge is -2.31. The Balaban J connectivity index is 2.08. The van der Waals surface area contributed by atoms with Crippen molar-refractivity contribution in [3.63, 3.8) is 0 Å². The number of rotatable bonds is 16. The highest BCUT2D eigenvalue weighted by atomic mass is 16.7. The first-order valence-electron chi connectivity index (χ1n) is 11.3. The summed E-state index contributed by atoms with van der Waals surface area (Å²) in [5.74, 6) is 0.533. The molecular weight excluding hydrogens is 508 g/mol. The average Bonchev–Trinajstić information content (AvgIpc) is 2.93. The molecule has 0 saturated heterocycles. The number of hydrogen-bond acceptors (Lipinski definition) is 13. The van der Waals surface area contributed by atoms with Crippen molar-refractivity contribution in [1.29, 1.82) is 0 Å². The maximum Gasteiger partial charge on any atom is 0.206 e. The van der Waals surface area contributed by atoms with Crippen LogP contribution in [0.15, 0.2) is 24.3 Å². The van der Waals surface area contributed by atoms with Crippen molar-refractivity contribution in [3.05, 3.63) is 35.4 Å². The van der Waals surface area contributed by atoms with E-state index in [9.17, 15) is 9.90 Å². The van der Waals surface area contributed by atoms with Gasteiger partial charge in [-0.25, -0.2) is 0 Å². The Hall–Kier alpha value is -3.33. The van der Waals surface area contributed by atoms with Crippen LogP contribution in [-0.2, 0) is 23.7 Å². The van der Waals surface area contributed by atoms with Gasteiger partial charge in [-0.2, -0.15) is 0 Å². The molecule has 1 aliphatic rings. The summed E-state index contributed by atoms with van der Waals surface area (Å²) in [6, 6.07) is 6.08. The first kappa shape index (κ1) is 29.2. The number of aliphatic hydroxyl groups excluding tert-OH is 1. The van der Waals surface area contributed by atoms with E-state index >= 15 is 0 Å². The van der Waals surface area contributed by atoms with Gasteiger partial charge in [0.05, 0.1) is 0 Å². The zero-order chi connectivity index (χ0) is 27.5.